The first-order valence-electron chi connectivity index (χ1n) is 13.7. The molecule has 3 N–H and O–H groups in total. The van der Waals surface area contributed by atoms with Gasteiger partial charge in [-0.3, -0.25) is 14.4 Å². The van der Waals surface area contributed by atoms with Gasteiger partial charge in [0.05, 0.1) is 23.6 Å². The number of amides is 3. The summed E-state index contributed by atoms with van der Waals surface area (Å²) in [6.45, 7) is 11.6. The van der Waals surface area contributed by atoms with Crippen molar-refractivity contribution in [3.05, 3.63) is 84.3 Å². The number of hydrogen-bond donors (Lipinski definition) is 3. The van der Waals surface area contributed by atoms with Crippen molar-refractivity contribution in [2.75, 3.05) is 19.4 Å². The number of nitrogens with one attached hydrogen (secondary N) is 3. The Morgan fingerprint density at radius 3 is 2.50 bits per heavy atom. The van der Waals surface area contributed by atoms with E-state index in [4.69, 9.17) is 4.98 Å². The van der Waals surface area contributed by atoms with Crippen molar-refractivity contribution in [2.45, 2.75) is 58.5 Å². The summed E-state index contributed by atoms with van der Waals surface area (Å²) in [5.74, 6) is 0.389. The molecule has 0 saturated carbocycles. The fraction of sp³-hybridized carbons (Fsp3) is 0.387. The standard InChI is InChI=1S/C27H33N6O4.C4H8.Mo/c1-18(2)15-19-9-7-11-20-25(19)31-23(29-20)16-33-14-8-12-22(27(33)37)30-26(36)21(28-17-34)10-5-6-13-24(35)32(3)4;1-3-4-2;/h6-9,11-14,18,21H,5,10,15-16H2,1-4H3,(H,28,34)(H,29,31)(H,30,36);1-4H2;/q-1;-2;+3/b13-6+;;/t21-;;/m0../s1. The van der Waals surface area contributed by atoms with Gasteiger partial charge in [-0.05, 0) is 55.0 Å². The van der Waals surface area contributed by atoms with Crippen LogP contribution in [0.25, 0.3) is 11.0 Å². The van der Waals surface area contributed by atoms with Crippen LogP contribution in [0.15, 0.2) is 53.5 Å². The van der Waals surface area contributed by atoms with E-state index >= 15 is 0 Å². The van der Waals surface area contributed by atoms with E-state index < -0.39 is 17.5 Å². The Bertz CT molecular complexity index is 1380. The second kappa shape index (κ2) is 18.8. The summed E-state index contributed by atoms with van der Waals surface area (Å²) >= 11 is 0. The quantitative estimate of drug-likeness (QED) is 0.112. The third-order valence-corrected chi connectivity index (χ3v) is 5.99. The monoisotopic (exact) mass is 659 g/mol. The fourth-order valence-corrected chi connectivity index (χ4v) is 3.90. The average Bonchev–Trinajstić information content (AvgIpc) is 3.35. The molecule has 0 bridgehead atoms. The smallest absolute Gasteiger partial charge is 0.520 e. The van der Waals surface area contributed by atoms with Crippen molar-refractivity contribution in [3.63, 3.8) is 0 Å². The Hall–Kier alpha value is -3.52. The van der Waals surface area contributed by atoms with E-state index in [1.54, 1.807) is 32.4 Å². The molecule has 1 aromatic carbocycles. The molecule has 2 aromatic heterocycles. The number of para-hydroxylation sites is 1. The molecule has 3 aromatic rings. The number of aromatic nitrogens is 3. The number of benzene rings is 1. The van der Waals surface area contributed by atoms with Gasteiger partial charge in [0.25, 0.3) is 5.56 Å². The Labute approximate surface area is 262 Å². The summed E-state index contributed by atoms with van der Waals surface area (Å²) in [5, 5.41) is 4.95. The van der Waals surface area contributed by atoms with Crippen LogP contribution in [0.2, 0.25) is 0 Å². The number of rotatable bonds is 13. The fourth-order valence-electron chi connectivity index (χ4n) is 3.90. The Morgan fingerprint density at radius 2 is 1.88 bits per heavy atom. The Morgan fingerprint density at radius 1 is 1.17 bits per heavy atom. The number of imidazole rings is 1. The van der Waals surface area contributed by atoms with Gasteiger partial charge in [0.15, 0.2) is 0 Å². The molecular formula is C31H41MoN6O4. The molecule has 225 valence electrons. The molecule has 0 aliphatic carbocycles. The number of H-pyrrole nitrogens is 1. The summed E-state index contributed by atoms with van der Waals surface area (Å²) in [6.07, 6.45) is 9.61. The number of carbonyl (C=O) groups excluding carboxylic acids is 3. The van der Waals surface area contributed by atoms with E-state index in [0.717, 1.165) is 35.9 Å². The second-order valence-corrected chi connectivity index (χ2v) is 10.2. The summed E-state index contributed by atoms with van der Waals surface area (Å²) in [5.41, 5.74) is 2.63. The molecule has 0 aliphatic rings. The van der Waals surface area contributed by atoms with Gasteiger partial charge in [0, 0.05) is 20.3 Å². The Kier molecular flexibility index (Phi) is 16.4. The molecule has 0 aliphatic heterocycles. The van der Waals surface area contributed by atoms with E-state index in [2.05, 4.69) is 49.4 Å². The molecule has 2 heterocycles. The van der Waals surface area contributed by atoms with E-state index in [0.29, 0.717) is 18.2 Å². The van der Waals surface area contributed by atoms with Gasteiger partial charge < -0.3 is 43.7 Å². The maximum Gasteiger partial charge on any atom is 3.00 e. The molecular weight excluding hydrogens is 616 g/mol. The van der Waals surface area contributed by atoms with Crippen molar-refractivity contribution in [1.82, 2.24) is 24.8 Å². The topological polar surface area (TPSA) is 129 Å². The van der Waals surface area contributed by atoms with Gasteiger partial charge in [-0.25, -0.2) is 17.8 Å². The van der Waals surface area contributed by atoms with Crippen molar-refractivity contribution in [1.29, 1.82) is 0 Å². The number of anilines is 1. The van der Waals surface area contributed by atoms with Crippen molar-refractivity contribution >= 4 is 34.9 Å². The first kappa shape index (κ1) is 36.5. The molecule has 0 unspecified atom stereocenters. The van der Waals surface area contributed by atoms with Gasteiger partial charge >= 0.3 is 21.1 Å². The summed E-state index contributed by atoms with van der Waals surface area (Å²) < 4.78 is 1.46. The van der Waals surface area contributed by atoms with E-state index in [1.807, 2.05) is 12.1 Å². The molecule has 0 saturated heterocycles. The van der Waals surface area contributed by atoms with Gasteiger partial charge in [-0.2, -0.15) is 6.41 Å². The molecule has 1 radical (unpaired) electrons. The van der Waals surface area contributed by atoms with Crippen LogP contribution in [0.4, 0.5) is 5.69 Å². The van der Waals surface area contributed by atoms with E-state index in [-0.39, 0.29) is 45.6 Å². The molecule has 0 spiro atoms. The number of fused-ring (bicyclic) bond motifs is 1. The van der Waals surface area contributed by atoms with Crippen LogP contribution in [0.5, 0.6) is 0 Å². The summed E-state index contributed by atoms with van der Waals surface area (Å²) in [6, 6.07) is 8.26. The molecule has 1 atom stereocenters. The number of allylic oxidation sites excluding steroid dienone is 1. The molecule has 10 nitrogen and oxygen atoms in total. The van der Waals surface area contributed by atoms with Crippen molar-refractivity contribution in [3.8, 4) is 0 Å². The number of hydrogen-bond acceptors (Lipinski definition) is 5. The minimum absolute atomic E-state index is 0. The van der Waals surface area contributed by atoms with Crippen LogP contribution in [-0.4, -0.2) is 57.8 Å². The number of nitrogens with zero attached hydrogens (tertiary/aromatic N) is 3. The molecule has 3 amide bonds. The average molecular weight is 658 g/mol. The van der Waals surface area contributed by atoms with Crippen LogP contribution in [-0.2, 0) is 48.4 Å². The zero-order valence-electron chi connectivity index (χ0n) is 24.8. The molecule has 0 fully saturated rings. The second-order valence-electron chi connectivity index (χ2n) is 10.2. The number of likely N-dealkylation sites (N-methyl/N-ethyl adjacent to an activating group) is 1. The molecule has 42 heavy (non-hydrogen) atoms. The minimum Gasteiger partial charge on any atom is -0.520 e. The predicted octanol–water partition coefficient (Wildman–Crippen LogP) is 3.79. The normalized spacial score (nSPS) is 11.4. The number of aromatic amines is 1. The van der Waals surface area contributed by atoms with Gasteiger partial charge in [0.1, 0.15) is 11.5 Å². The van der Waals surface area contributed by atoms with Gasteiger partial charge in [-0.1, -0.05) is 32.1 Å². The van der Waals surface area contributed by atoms with Crippen LogP contribution in [0, 0.1) is 19.8 Å². The van der Waals surface area contributed by atoms with Crippen LogP contribution < -0.4 is 16.2 Å². The largest absolute Gasteiger partial charge is 3.00 e. The van der Waals surface area contributed by atoms with Crippen LogP contribution in [0.3, 0.4) is 0 Å². The van der Waals surface area contributed by atoms with Gasteiger partial charge in [0.2, 0.25) is 11.8 Å². The van der Waals surface area contributed by atoms with Crippen molar-refractivity contribution in [2.24, 2.45) is 5.92 Å². The maximum atomic E-state index is 13.1. The first-order valence-corrected chi connectivity index (χ1v) is 13.7. The summed E-state index contributed by atoms with van der Waals surface area (Å²) in [7, 11) is 3.27. The number of unbranched alkanes of at least 4 members (excludes halogenated alkanes) is 1. The zero-order chi connectivity index (χ0) is 30.4. The van der Waals surface area contributed by atoms with E-state index in [9.17, 15) is 19.2 Å². The predicted molar refractivity (Wildman–Crippen MR) is 163 cm³/mol. The van der Waals surface area contributed by atoms with Crippen LogP contribution >= 0.6 is 0 Å². The molecule has 11 heteroatoms. The third kappa shape index (κ3) is 11.4. The Balaban J connectivity index is 0.00000165. The molecule has 3 rings (SSSR count). The van der Waals surface area contributed by atoms with E-state index in [1.165, 1.54) is 28.0 Å². The number of pyridine rings is 1. The minimum atomic E-state index is -0.917. The maximum absolute atomic E-state index is 13.1. The van der Waals surface area contributed by atoms with Crippen molar-refractivity contribution < 1.29 is 35.4 Å². The summed E-state index contributed by atoms with van der Waals surface area (Å²) in [4.78, 5) is 57.8. The SMILES string of the molecule is CC(C)Cc1cccc2[nH]c(Cn3cccc(NC(=O)[C@H](CC/C=C/C(=O)N(C)C)N[C-]=O)c3=O)nc12.[CH2-]CC[CH2-].[Mo+3]. The van der Waals surface area contributed by atoms with Gasteiger partial charge in [-0.15, -0.1) is 0 Å². The van der Waals surface area contributed by atoms with Crippen LogP contribution in [0.1, 0.15) is 50.9 Å². The number of carbonyl (C=O) groups is 2. The third-order valence-electron chi connectivity index (χ3n) is 5.99. The first-order chi connectivity index (χ1) is 19.6. The zero-order valence-corrected chi connectivity index (χ0v) is 26.8.